The highest BCUT2D eigenvalue weighted by molar-refractivity contribution is 6.07. The van der Waals surface area contributed by atoms with E-state index in [4.69, 9.17) is 4.74 Å². The highest BCUT2D eigenvalue weighted by Crippen LogP contribution is 2.35. The van der Waals surface area contributed by atoms with Gasteiger partial charge < -0.3 is 9.47 Å². The Morgan fingerprint density at radius 3 is 2.80 bits per heavy atom. The minimum absolute atomic E-state index is 0.200. The first-order valence-corrected chi connectivity index (χ1v) is 7.40. The molecular formula is C15H15F3N4O3. The molecule has 25 heavy (non-hydrogen) atoms. The molecule has 7 nitrogen and oxygen atoms in total. The maximum atomic E-state index is 12.7. The van der Waals surface area contributed by atoms with Gasteiger partial charge in [-0.15, -0.1) is 0 Å². The second kappa shape index (κ2) is 6.26. The molecule has 0 spiro atoms. The van der Waals surface area contributed by atoms with Crippen LogP contribution in [0.4, 0.5) is 18.9 Å². The Morgan fingerprint density at radius 2 is 2.16 bits per heavy atom. The van der Waals surface area contributed by atoms with Crippen LogP contribution in [0.25, 0.3) is 0 Å². The van der Waals surface area contributed by atoms with Crippen LogP contribution in [-0.4, -0.2) is 46.6 Å². The van der Waals surface area contributed by atoms with Crippen molar-refractivity contribution in [2.75, 3.05) is 24.7 Å². The van der Waals surface area contributed by atoms with Gasteiger partial charge in [-0.1, -0.05) is 0 Å². The molecule has 0 aliphatic carbocycles. The lowest BCUT2D eigenvalue weighted by atomic mass is 10.2. The maximum Gasteiger partial charge on any atom is 0.422 e. The number of rotatable bonds is 3. The van der Waals surface area contributed by atoms with Crippen molar-refractivity contribution in [1.29, 1.82) is 0 Å². The minimum atomic E-state index is -4.45. The minimum Gasteiger partial charge on any atom is -0.474 e. The van der Waals surface area contributed by atoms with Crippen molar-refractivity contribution in [1.82, 2.24) is 14.8 Å². The Labute approximate surface area is 141 Å². The number of pyridine rings is 1. The molecule has 2 aromatic heterocycles. The number of amides is 1. The predicted octanol–water partition coefficient (Wildman–Crippen LogP) is 2.10. The van der Waals surface area contributed by atoms with Crippen LogP contribution in [0.15, 0.2) is 18.3 Å². The molecule has 0 unspecified atom stereocenters. The summed E-state index contributed by atoms with van der Waals surface area (Å²) in [6.07, 6.45) is -3.26. The monoisotopic (exact) mass is 356 g/mol. The molecule has 3 heterocycles. The zero-order valence-corrected chi connectivity index (χ0v) is 13.5. The lowest BCUT2D eigenvalue weighted by molar-refractivity contribution is -0.154. The van der Waals surface area contributed by atoms with Crippen LogP contribution in [0.2, 0.25) is 0 Å². The van der Waals surface area contributed by atoms with Gasteiger partial charge in [-0.2, -0.15) is 18.3 Å². The highest BCUT2D eigenvalue weighted by Gasteiger charge is 2.31. The number of alkyl halides is 3. The largest absolute Gasteiger partial charge is 0.474 e. The van der Waals surface area contributed by atoms with Gasteiger partial charge >= 0.3 is 6.18 Å². The number of hydrogen-bond acceptors (Lipinski definition) is 5. The second-order valence-electron chi connectivity index (χ2n) is 5.46. The first kappa shape index (κ1) is 17.1. The van der Waals surface area contributed by atoms with Gasteiger partial charge in [-0.3, -0.25) is 9.69 Å². The summed E-state index contributed by atoms with van der Waals surface area (Å²) in [5.41, 5.74) is 1.45. The number of hydrogen-bond donors (Lipinski definition) is 0. The molecule has 0 fully saturated rings. The molecule has 134 valence electrons. The fraction of sp³-hybridized carbons (Fsp3) is 0.400. The number of nitrogens with zero attached hydrogens (tertiary/aromatic N) is 4. The average molecular weight is 356 g/mol. The van der Waals surface area contributed by atoms with E-state index in [0.717, 1.165) is 0 Å². The maximum absolute atomic E-state index is 12.7. The molecule has 1 aliphatic heterocycles. The molecule has 0 atom stereocenters. The van der Waals surface area contributed by atoms with Gasteiger partial charge in [0.25, 0.3) is 5.91 Å². The summed E-state index contributed by atoms with van der Waals surface area (Å²) in [5.74, 6) is -0.0418. The number of aryl methyl sites for hydroxylation is 2. The molecule has 0 aromatic carbocycles. The quantitative estimate of drug-likeness (QED) is 0.842. The number of halogens is 3. The van der Waals surface area contributed by atoms with Crippen molar-refractivity contribution in [3.63, 3.8) is 0 Å². The molecule has 10 heteroatoms. The van der Waals surface area contributed by atoms with Crippen molar-refractivity contribution in [3.05, 3.63) is 29.6 Å². The molecule has 0 saturated carbocycles. The first-order chi connectivity index (χ1) is 11.8. The molecule has 0 saturated heterocycles. The predicted molar refractivity (Wildman–Crippen MR) is 80.9 cm³/mol. The fourth-order valence-electron chi connectivity index (χ4n) is 2.55. The highest BCUT2D eigenvalue weighted by atomic mass is 19.4. The van der Waals surface area contributed by atoms with Crippen LogP contribution in [-0.2, 0) is 7.05 Å². The van der Waals surface area contributed by atoms with Crippen LogP contribution < -0.4 is 14.4 Å². The van der Waals surface area contributed by atoms with E-state index in [0.29, 0.717) is 30.4 Å². The number of fused-ring (bicyclic) bond motifs is 1. The van der Waals surface area contributed by atoms with E-state index < -0.39 is 12.8 Å². The van der Waals surface area contributed by atoms with E-state index in [-0.39, 0.29) is 17.4 Å². The normalized spacial score (nSPS) is 14.0. The van der Waals surface area contributed by atoms with E-state index >= 15 is 0 Å². The number of anilines is 1. The van der Waals surface area contributed by atoms with Crippen molar-refractivity contribution >= 4 is 11.6 Å². The molecule has 0 N–H and O–H groups in total. The third kappa shape index (κ3) is 3.52. The van der Waals surface area contributed by atoms with E-state index in [2.05, 4.69) is 14.8 Å². The van der Waals surface area contributed by atoms with E-state index in [9.17, 15) is 18.0 Å². The molecule has 1 aliphatic rings. The van der Waals surface area contributed by atoms with E-state index in [1.165, 1.54) is 23.2 Å². The lowest BCUT2D eigenvalue weighted by Gasteiger charge is -2.27. The van der Waals surface area contributed by atoms with Gasteiger partial charge in [0.05, 0.1) is 17.8 Å². The van der Waals surface area contributed by atoms with E-state index in [1.54, 1.807) is 18.7 Å². The molecule has 0 bridgehead atoms. The number of ether oxygens (including phenoxy) is 2. The van der Waals surface area contributed by atoms with Crippen molar-refractivity contribution < 1.29 is 27.4 Å². The SMILES string of the molecule is Cc1nn(C)c2c1N(C(=O)c1ccc(OCC(F)(F)F)nc1)CCO2. The molecular weight excluding hydrogens is 341 g/mol. The van der Waals surface area contributed by atoms with Crippen LogP contribution >= 0.6 is 0 Å². The Bertz CT molecular complexity index is 787. The average Bonchev–Trinajstić information content (AvgIpc) is 2.87. The summed E-state index contributed by atoms with van der Waals surface area (Å²) >= 11 is 0. The summed E-state index contributed by atoms with van der Waals surface area (Å²) in [6, 6.07) is 2.61. The van der Waals surface area contributed by atoms with Crippen LogP contribution in [0.3, 0.4) is 0 Å². The Morgan fingerprint density at radius 1 is 1.40 bits per heavy atom. The van der Waals surface area contributed by atoms with Gasteiger partial charge in [0.1, 0.15) is 12.3 Å². The molecule has 2 aromatic rings. The first-order valence-electron chi connectivity index (χ1n) is 7.40. The summed E-state index contributed by atoms with van der Waals surface area (Å²) in [6.45, 7) is 0.984. The number of aromatic nitrogens is 3. The van der Waals surface area contributed by atoms with E-state index in [1.807, 2.05) is 0 Å². The Balaban J connectivity index is 1.78. The summed E-state index contributed by atoms with van der Waals surface area (Å²) in [4.78, 5) is 18.0. The standard InChI is InChI=1S/C15H15F3N4O3/c1-9-12-14(21(2)20-9)24-6-5-22(12)13(23)10-3-4-11(19-7-10)25-8-15(16,17)18/h3-4,7H,5-6,8H2,1-2H3. The third-order valence-corrected chi connectivity index (χ3v) is 3.57. The zero-order chi connectivity index (χ0) is 18.2. The van der Waals surface area contributed by atoms with Gasteiger partial charge in [0.2, 0.25) is 11.8 Å². The topological polar surface area (TPSA) is 69.5 Å². The van der Waals surface area contributed by atoms with Gasteiger partial charge in [0, 0.05) is 19.3 Å². The fourth-order valence-corrected chi connectivity index (χ4v) is 2.55. The van der Waals surface area contributed by atoms with Crippen LogP contribution in [0.1, 0.15) is 16.1 Å². The number of carbonyl (C=O) groups is 1. The second-order valence-corrected chi connectivity index (χ2v) is 5.46. The Kier molecular flexibility index (Phi) is 4.27. The van der Waals surface area contributed by atoms with Gasteiger partial charge in [0.15, 0.2) is 6.61 Å². The Hall–Kier alpha value is -2.78. The van der Waals surface area contributed by atoms with Crippen molar-refractivity contribution in [3.8, 4) is 11.8 Å². The van der Waals surface area contributed by atoms with Crippen molar-refractivity contribution in [2.45, 2.75) is 13.1 Å². The van der Waals surface area contributed by atoms with Crippen LogP contribution in [0, 0.1) is 6.92 Å². The van der Waals surface area contributed by atoms with Crippen LogP contribution in [0.5, 0.6) is 11.8 Å². The lowest BCUT2D eigenvalue weighted by Crippen LogP contribution is -2.38. The molecule has 1 amide bonds. The third-order valence-electron chi connectivity index (χ3n) is 3.57. The smallest absolute Gasteiger partial charge is 0.422 e. The molecule has 0 radical (unpaired) electrons. The van der Waals surface area contributed by atoms with Gasteiger partial charge in [-0.05, 0) is 13.0 Å². The number of carbonyl (C=O) groups excluding carboxylic acids is 1. The summed E-state index contributed by atoms with van der Waals surface area (Å²) in [5, 5.41) is 4.24. The summed E-state index contributed by atoms with van der Waals surface area (Å²) in [7, 11) is 1.72. The van der Waals surface area contributed by atoms with Crippen molar-refractivity contribution in [2.24, 2.45) is 7.05 Å². The zero-order valence-electron chi connectivity index (χ0n) is 13.5. The summed E-state index contributed by atoms with van der Waals surface area (Å²) < 4.78 is 48.0. The van der Waals surface area contributed by atoms with Gasteiger partial charge in [-0.25, -0.2) is 9.67 Å². The molecule has 3 rings (SSSR count).